The van der Waals surface area contributed by atoms with Crippen LogP contribution >= 0.6 is 0 Å². The average molecular weight is 373 g/mol. The predicted octanol–water partition coefficient (Wildman–Crippen LogP) is 4.07. The van der Waals surface area contributed by atoms with Crippen LogP contribution in [0.5, 0.6) is 0 Å². The fraction of sp³-hybridized carbons (Fsp3) is 0.136. The lowest BCUT2D eigenvalue weighted by Crippen LogP contribution is -2.13. The highest BCUT2D eigenvalue weighted by molar-refractivity contribution is 6.07. The van der Waals surface area contributed by atoms with Crippen LogP contribution in [0.3, 0.4) is 0 Å². The molecule has 0 saturated heterocycles. The summed E-state index contributed by atoms with van der Waals surface area (Å²) >= 11 is 0. The number of H-pyrrole nitrogens is 1. The molecule has 2 aromatic carbocycles. The molecule has 0 saturated carbocycles. The quantitative estimate of drug-likeness (QED) is 0.517. The van der Waals surface area contributed by atoms with E-state index in [1.54, 1.807) is 24.3 Å². The highest BCUT2D eigenvalue weighted by Crippen LogP contribution is 2.25. The van der Waals surface area contributed by atoms with E-state index in [4.69, 9.17) is 0 Å². The zero-order valence-corrected chi connectivity index (χ0v) is 15.4. The smallest absolute Gasteiger partial charge is 0.337 e. The maximum atomic E-state index is 12.3. The first-order chi connectivity index (χ1) is 13.6. The summed E-state index contributed by atoms with van der Waals surface area (Å²) in [7, 11) is 1.33. The van der Waals surface area contributed by atoms with Crippen LogP contribution in [0.15, 0.2) is 60.8 Å². The van der Waals surface area contributed by atoms with E-state index in [9.17, 15) is 9.59 Å². The van der Waals surface area contributed by atoms with E-state index in [-0.39, 0.29) is 5.91 Å². The minimum absolute atomic E-state index is 0.105. The molecule has 6 nitrogen and oxygen atoms in total. The minimum Gasteiger partial charge on any atom is -0.465 e. The molecule has 0 fully saturated rings. The number of carbonyl (C=O) groups is 2. The second kappa shape index (κ2) is 7.52. The first-order valence-electron chi connectivity index (χ1n) is 8.97. The molecule has 0 spiro atoms. The molecule has 28 heavy (non-hydrogen) atoms. The molecule has 2 heterocycles. The predicted molar refractivity (Wildman–Crippen MR) is 108 cm³/mol. The number of para-hydroxylation sites is 1. The molecule has 0 atom stereocenters. The highest BCUT2D eigenvalue weighted by Gasteiger charge is 2.09. The van der Waals surface area contributed by atoms with Crippen LogP contribution in [0.4, 0.5) is 5.69 Å². The van der Waals surface area contributed by atoms with Crippen molar-refractivity contribution in [3.05, 3.63) is 72.1 Å². The van der Waals surface area contributed by atoms with E-state index in [1.807, 2.05) is 30.5 Å². The average Bonchev–Trinajstić information content (AvgIpc) is 3.10. The van der Waals surface area contributed by atoms with Gasteiger partial charge in [-0.05, 0) is 42.8 Å². The second-order valence-corrected chi connectivity index (χ2v) is 6.51. The first kappa shape index (κ1) is 17.7. The number of pyridine rings is 1. The fourth-order valence-corrected chi connectivity index (χ4v) is 3.20. The third-order valence-electron chi connectivity index (χ3n) is 4.65. The molecule has 1 amide bonds. The van der Waals surface area contributed by atoms with E-state index in [0.717, 1.165) is 27.5 Å². The molecule has 6 heteroatoms. The van der Waals surface area contributed by atoms with E-state index in [0.29, 0.717) is 24.1 Å². The SMILES string of the molecule is COC(=O)c1ccc(NC(=O)CCc2cc3c(cn2)[nH]c2ccccc23)cc1. The van der Waals surface area contributed by atoms with Gasteiger partial charge in [0.15, 0.2) is 0 Å². The number of aromatic amines is 1. The Labute approximate surface area is 161 Å². The zero-order chi connectivity index (χ0) is 19.5. The number of carbonyl (C=O) groups excluding carboxylic acids is 2. The van der Waals surface area contributed by atoms with Gasteiger partial charge in [-0.2, -0.15) is 0 Å². The summed E-state index contributed by atoms with van der Waals surface area (Å²) in [5.41, 5.74) is 4.01. The van der Waals surface area contributed by atoms with Crippen molar-refractivity contribution in [1.29, 1.82) is 0 Å². The Kier molecular flexibility index (Phi) is 4.76. The number of methoxy groups -OCH3 is 1. The lowest BCUT2D eigenvalue weighted by molar-refractivity contribution is -0.116. The summed E-state index contributed by atoms with van der Waals surface area (Å²) in [5.74, 6) is -0.511. The Balaban J connectivity index is 1.41. The molecular formula is C22H19N3O3. The van der Waals surface area contributed by atoms with E-state index >= 15 is 0 Å². The Bertz CT molecular complexity index is 1160. The largest absolute Gasteiger partial charge is 0.465 e. The number of anilines is 1. The van der Waals surface area contributed by atoms with Crippen LogP contribution in [0, 0.1) is 0 Å². The number of hydrogen-bond donors (Lipinski definition) is 2. The molecule has 0 aliphatic carbocycles. The van der Waals surface area contributed by atoms with Gasteiger partial charge in [-0.1, -0.05) is 18.2 Å². The molecule has 0 aliphatic rings. The van der Waals surface area contributed by atoms with E-state index in [2.05, 4.69) is 26.1 Å². The van der Waals surface area contributed by atoms with Gasteiger partial charge in [0.05, 0.1) is 24.4 Å². The molecule has 4 aromatic rings. The van der Waals surface area contributed by atoms with Gasteiger partial charge in [-0.15, -0.1) is 0 Å². The summed E-state index contributed by atoms with van der Waals surface area (Å²) in [5, 5.41) is 5.09. The highest BCUT2D eigenvalue weighted by atomic mass is 16.5. The normalized spacial score (nSPS) is 10.9. The number of amides is 1. The number of benzene rings is 2. The topological polar surface area (TPSA) is 84.1 Å². The van der Waals surface area contributed by atoms with Crippen molar-refractivity contribution in [2.45, 2.75) is 12.8 Å². The summed E-state index contributed by atoms with van der Waals surface area (Å²) in [4.78, 5) is 31.5. The van der Waals surface area contributed by atoms with Gasteiger partial charge >= 0.3 is 5.97 Å². The molecular weight excluding hydrogens is 354 g/mol. The summed E-state index contributed by atoms with van der Waals surface area (Å²) in [6, 6.07) is 16.7. The first-order valence-corrected chi connectivity index (χ1v) is 8.97. The Hall–Kier alpha value is -3.67. The Morgan fingerprint density at radius 1 is 1.04 bits per heavy atom. The van der Waals surface area contributed by atoms with Crippen LogP contribution in [0.1, 0.15) is 22.5 Å². The van der Waals surface area contributed by atoms with Crippen molar-refractivity contribution in [2.24, 2.45) is 0 Å². The Morgan fingerprint density at radius 2 is 1.82 bits per heavy atom. The van der Waals surface area contributed by atoms with Gasteiger partial charge in [0.2, 0.25) is 5.91 Å². The summed E-state index contributed by atoms with van der Waals surface area (Å²) < 4.78 is 4.66. The molecule has 0 aliphatic heterocycles. The molecule has 2 aromatic heterocycles. The van der Waals surface area contributed by atoms with Crippen molar-refractivity contribution < 1.29 is 14.3 Å². The molecule has 0 bridgehead atoms. The van der Waals surface area contributed by atoms with Gasteiger partial charge in [0.25, 0.3) is 0 Å². The number of fused-ring (bicyclic) bond motifs is 3. The second-order valence-electron chi connectivity index (χ2n) is 6.51. The number of aryl methyl sites for hydroxylation is 1. The van der Waals surface area contributed by atoms with Gasteiger partial charge in [-0.25, -0.2) is 4.79 Å². The lowest BCUT2D eigenvalue weighted by atomic mass is 10.1. The monoisotopic (exact) mass is 373 g/mol. The number of nitrogens with zero attached hydrogens (tertiary/aromatic N) is 1. The molecule has 140 valence electrons. The third-order valence-corrected chi connectivity index (χ3v) is 4.65. The maximum Gasteiger partial charge on any atom is 0.337 e. The van der Waals surface area contributed by atoms with Crippen molar-refractivity contribution in [3.63, 3.8) is 0 Å². The maximum absolute atomic E-state index is 12.3. The van der Waals surface area contributed by atoms with Crippen LogP contribution in [-0.4, -0.2) is 29.0 Å². The Morgan fingerprint density at radius 3 is 2.61 bits per heavy atom. The molecule has 0 unspecified atom stereocenters. The zero-order valence-electron chi connectivity index (χ0n) is 15.4. The van der Waals surface area contributed by atoms with Gasteiger partial charge in [0, 0.05) is 34.1 Å². The number of esters is 1. The number of hydrogen-bond acceptors (Lipinski definition) is 4. The summed E-state index contributed by atoms with van der Waals surface area (Å²) in [6.45, 7) is 0. The third kappa shape index (κ3) is 3.57. The number of nitrogens with one attached hydrogen (secondary N) is 2. The van der Waals surface area contributed by atoms with Crippen molar-refractivity contribution in [2.75, 3.05) is 12.4 Å². The van der Waals surface area contributed by atoms with Crippen LogP contribution in [0.2, 0.25) is 0 Å². The molecule has 4 rings (SSSR count). The lowest BCUT2D eigenvalue weighted by Gasteiger charge is -2.06. The van der Waals surface area contributed by atoms with Crippen molar-refractivity contribution in [3.8, 4) is 0 Å². The van der Waals surface area contributed by atoms with Crippen molar-refractivity contribution >= 4 is 39.4 Å². The summed E-state index contributed by atoms with van der Waals surface area (Å²) in [6.07, 6.45) is 2.68. The van der Waals surface area contributed by atoms with Crippen molar-refractivity contribution in [1.82, 2.24) is 9.97 Å². The van der Waals surface area contributed by atoms with Gasteiger partial charge in [-0.3, -0.25) is 9.78 Å². The number of rotatable bonds is 5. The van der Waals surface area contributed by atoms with E-state index in [1.165, 1.54) is 7.11 Å². The number of aromatic nitrogens is 2. The van der Waals surface area contributed by atoms with Gasteiger partial charge in [0.1, 0.15) is 0 Å². The number of ether oxygens (including phenoxy) is 1. The molecule has 2 N–H and O–H groups in total. The van der Waals surface area contributed by atoms with Crippen LogP contribution in [0.25, 0.3) is 21.8 Å². The standard InChI is InChI=1S/C22H19N3O3/c1-28-22(27)14-6-8-15(9-7-14)24-21(26)11-10-16-12-18-17-4-2-3-5-19(17)25-20(18)13-23-16/h2-9,12-13,25H,10-11H2,1H3,(H,24,26). The van der Waals surface area contributed by atoms with Crippen LogP contribution < -0.4 is 5.32 Å². The van der Waals surface area contributed by atoms with Gasteiger partial charge < -0.3 is 15.0 Å². The minimum atomic E-state index is -0.406. The van der Waals surface area contributed by atoms with Crippen LogP contribution in [-0.2, 0) is 16.0 Å². The fourth-order valence-electron chi connectivity index (χ4n) is 3.20. The van der Waals surface area contributed by atoms with E-state index < -0.39 is 5.97 Å². The molecule has 0 radical (unpaired) electrons.